The number of benzene rings is 1. The van der Waals surface area contributed by atoms with Crippen molar-refractivity contribution in [2.24, 2.45) is 11.3 Å². The van der Waals surface area contributed by atoms with E-state index in [1.165, 1.54) is 16.1 Å². The maximum absolute atomic E-state index is 10.1. The number of pyridine rings is 1. The van der Waals surface area contributed by atoms with Gasteiger partial charge in [0.1, 0.15) is 16.8 Å². The molecule has 0 aliphatic heterocycles. The molecule has 4 rings (SSSR count). The van der Waals surface area contributed by atoms with E-state index in [2.05, 4.69) is 50.4 Å². The molecular weight excluding hydrogens is 420 g/mol. The molecule has 0 bridgehead atoms. The first-order valence-corrected chi connectivity index (χ1v) is 12.5. The second kappa shape index (κ2) is 9.06. The molecule has 2 heterocycles. The summed E-state index contributed by atoms with van der Waals surface area (Å²) in [5, 5.41) is 13.1. The van der Waals surface area contributed by atoms with Crippen molar-refractivity contribution in [1.82, 2.24) is 4.98 Å². The molecule has 31 heavy (non-hydrogen) atoms. The molecule has 3 nitrogen and oxygen atoms in total. The van der Waals surface area contributed by atoms with Gasteiger partial charge in [-0.1, -0.05) is 39.0 Å². The molecule has 2 aromatic heterocycles. The summed E-state index contributed by atoms with van der Waals surface area (Å²) < 4.78 is 5.36. The number of nitrogens with zero attached hydrogens (tertiary/aromatic N) is 2. The Labute approximate surface area is 193 Å². The smallest absolute Gasteiger partial charge is 0.119 e. The van der Waals surface area contributed by atoms with Gasteiger partial charge in [0.2, 0.25) is 0 Å². The molecule has 1 aliphatic rings. The zero-order valence-electron chi connectivity index (χ0n) is 18.6. The van der Waals surface area contributed by atoms with Crippen molar-refractivity contribution in [2.75, 3.05) is 7.11 Å². The molecule has 1 aromatic carbocycles. The van der Waals surface area contributed by atoms with Crippen molar-refractivity contribution in [3.63, 3.8) is 0 Å². The summed E-state index contributed by atoms with van der Waals surface area (Å²) in [6.45, 7) is 6.97. The molecule has 0 saturated carbocycles. The van der Waals surface area contributed by atoms with Gasteiger partial charge >= 0.3 is 0 Å². The fourth-order valence-electron chi connectivity index (χ4n) is 4.29. The van der Waals surface area contributed by atoms with Crippen LogP contribution in [0.3, 0.4) is 0 Å². The molecule has 0 unspecified atom stereocenters. The second-order valence-electron chi connectivity index (χ2n) is 9.13. The molecule has 1 atom stereocenters. The van der Waals surface area contributed by atoms with Crippen molar-refractivity contribution in [3.8, 4) is 22.3 Å². The van der Waals surface area contributed by atoms with Crippen LogP contribution in [0.1, 0.15) is 49.6 Å². The lowest BCUT2D eigenvalue weighted by Crippen LogP contribution is -2.28. The maximum Gasteiger partial charge on any atom is 0.119 e. The molecule has 3 aromatic rings. The lowest BCUT2D eigenvalue weighted by atomic mass is 9.71. The van der Waals surface area contributed by atoms with Crippen LogP contribution in [0.2, 0.25) is 0 Å². The minimum absolute atomic E-state index is 0.254. The number of nitriles is 1. The fourth-order valence-corrected chi connectivity index (χ4v) is 6.05. The van der Waals surface area contributed by atoms with Gasteiger partial charge in [-0.05, 0) is 65.3 Å². The third-order valence-corrected chi connectivity index (χ3v) is 8.08. The van der Waals surface area contributed by atoms with E-state index in [0.29, 0.717) is 5.92 Å². The Hall–Kier alpha value is -2.29. The van der Waals surface area contributed by atoms with Crippen molar-refractivity contribution in [2.45, 2.75) is 50.8 Å². The number of ether oxygens (including phenoxy) is 1. The van der Waals surface area contributed by atoms with E-state index in [1.54, 1.807) is 30.2 Å². The van der Waals surface area contributed by atoms with Gasteiger partial charge in [0.15, 0.2) is 0 Å². The zero-order valence-corrected chi connectivity index (χ0v) is 20.2. The molecular formula is C26H28N2OS2. The Kier molecular flexibility index (Phi) is 6.41. The standard InChI is InChI=1S/C26H28N2OS2/c1-26(2,3)18-10-11-20-22(14-18)28-25(21(15-27)24(20)23-9-6-12-30-23)31-16-17-7-5-8-19(13-17)29-4/h5-9,12-13,18H,10-11,14,16H2,1-4H3/t18-/m1/s1. The summed E-state index contributed by atoms with van der Waals surface area (Å²) in [5.74, 6) is 2.21. The predicted molar refractivity (Wildman–Crippen MR) is 130 cm³/mol. The largest absolute Gasteiger partial charge is 0.497 e. The molecule has 0 radical (unpaired) electrons. The first-order valence-electron chi connectivity index (χ1n) is 10.7. The third kappa shape index (κ3) is 4.66. The van der Waals surface area contributed by atoms with E-state index >= 15 is 0 Å². The topological polar surface area (TPSA) is 45.9 Å². The van der Waals surface area contributed by atoms with Crippen molar-refractivity contribution in [3.05, 3.63) is 64.2 Å². The van der Waals surface area contributed by atoms with Crippen LogP contribution in [-0.2, 0) is 18.6 Å². The van der Waals surface area contributed by atoms with Gasteiger partial charge in [-0.25, -0.2) is 4.98 Å². The highest BCUT2D eigenvalue weighted by Gasteiger charge is 2.32. The van der Waals surface area contributed by atoms with E-state index in [-0.39, 0.29) is 5.41 Å². The third-order valence-electron chi connectivity index (χ3n) is 6.15. The Bertz CT molecular complexity index is 1110. The van der Waals surface area contributed by atoms with Gasteiger partial charge in [0.25, 0.3) is 0 Å². The quantitative estimate of drug-likeness (QED) is 0.389. The van der Waals surface area contributed by atoms with Crippen LogP contribution in [0.4, 0.5) is 0 Å². The summed E-state index contributed by atoms with van der Waals surface area (Å²) in [6, 6.07) is 14.8. The van der Waals surface area contributed by atoms with E-state index in [4.69, 9.17) is 9.72 Å². The van der Waals surface area contributed by atoms with Gasteiger partial charge in [-0.15, -0.1) is 23.1 Å². The van der Waals surface area contributed by atoms with Crippen molar-refractivity contribution in [1.29, 1.82) is 5.26 Å². The fraction of sp³-hybridized carbons (Fsp3) is 0.385. The Balaban J connectivity index is 1.76. The normalized spacial score (nSPS) is 15.9. The molecule has 0 amide bonds. The van der Waals surface area contributed by atoms with Crippen LogP contribution in [0, 0.1) is 22.7 Å². The highest BCUT2D eigenvalue weighted by molar-refractivity contribution is 7.98. The number of aromatic nitrogens is 1. The van der Waals surface area contributed by atoms with Crippen LogP contribution in [0.25, 0.3) is 10.4 Å². The number of rotatable bonds is 5. The van der Waals surface area contributed by atoms with Crippen LogP contribution in [0.5, 0.6) is 5.75 Å². The van der Waals surface area contributed by atoms with Gasteiger partial charge in [-0.3, -0.25) is 0 Å². The molecule has 0 saturated heterocycles. The first kappa shape index (κ1) is 21.9. The van der Waals surface area contributed by atoms with E-state index in [9.17, 15) is 5.26 Å². The molecule has 160 valence electrons. The average Bonchev–Trinajstić information content (AvgIpc) is 3.30. The Morgan fingerprint density at radius 2 is 2.10 bits per heavy atom. The number of thiophene rings is 1. The van der Waals surface area contributed by atoms with E-state index < -0.39 is 0 Å². The highest BCUT2D eigenvalue weighted by Crippen LogP contribution is 2.44. The van der Waals surface area contributed by atoms with Gasteiger partial charge < -0.3 is 4.74 Å². The van der Waals surface area contributed by atoms with Gasteiger partial charge in [0, 0.05) is 21.9 Å². The van der Waals surface area contributed by atoms with Crippen LogP contribution in [-0.4, -0.2) is 12.1 Å². The predicted octanol–water partition coefficient (Wildman–Crippen LogP) is 7.13. The first-order chi connectivity index (χ1) is 14.9. The summed E-state index contributed by atoms with van der Waals surface area (Å²) in [4.78, 5) is 6.26. The van der Waals surface area contributed by atoms with Crippen LogP contribution in [0.15, 0.2) is 46.8 Å². The summed E-state index contributed by atoms with van der Waals surface area (Å²) >= 11 is 3.36. The lowest BCUT2D eigenvalue weighted by molar-refractivity contribution is 0.213. The summed E-state index contributed by atoms with van der Waals surface area (Å²) in [6.07, 6.45) is 3.13. The Morgan fingerprint density at radius 3 is 2.77 bits per heavy atom. The summed E-state index contributed by atoms with van der Waals surface area (Å²) in [5.41, 5.74) is 5.72. The number of methoxy groups -OCH3 is 1. The minimum atomic E-state index is 0.254. The molecule has 0 spiro atoms. The van der Waals surface area contributed by atoms with Gasteiger partial charge in [-0.2, -0.15) is 5.26 Å². The van der Waals surface area contributed by atoms with E-state index in [1.807, 2.05) is 18.2 Å². The number of fused-ring (bicyclic) bond motifs is 1. The SMILES string of the molecule is COc1cccc(CSc2nc3c(c(-c4cccs4)c2C#N)CC[C@@H](C(C)(C)C)C3)c1. The Morgan fingerprint density at radius 1 is 1.26 bits per heavy atom. The van der Waals surface area contributed by atoms with Crippen LogP contribution >= 0.6 is 23.1 Å². The number of hydrogen-bond donors (Lipinski definition) is 0. The molecule has 0 fully saturated rings. The van der Waals surface area contributed by atoms with Crippen molar-refractivity contribution >= 4 is 23.1 Å². The van der Waals surface area contributed by atoms with Crippen molar-refractivity contribution < 1.29 is 4.74 Å². The molecule has 5 heteroatoms. The maximum atomic E-state index is 10.1. The van der Waals surface area contributed by atoms with E-state index in [0.717, 1.165) is 52.5 Å². The zero-order chi connectivity index (χ0) is 22.0. The molecule has 1 aliphatic carbocycles. The summed E-state index contributed by atoms with van der Waals surface area (Å²) in [7, 11) is 1.68. The molecule has 0 N–H and O–H groups in total. The minimum Gasteiger partial charge on any atom is -0.497 e. The monoisotopic (exact) mass is 448 g/mol. The second-order valence-corrected chi connectivity index (χ2v) is 11.0. The van der Waals surface area contributed by atoms with Crippen LogP contribution < -0.4 is 4.74 Å². The number of thioether (sulfide) groups is 1. The highest BCUT2D eigenvalue weighted by atomic mass is 32.2. The lowest BCUT2D eigenvalue weighted by Gasteiger charge is -2.35. The number of hydrogen-bond acceptors (Lipinski definition) is 5. The van der Waals surface area contributed by atoms with Gasteiger partial charge in [0.05, 0.1) is 12.7 Å². The average molecular weight is 449 g/mol.